The molecular formula is C19H16F11N. The van der Waals surface area contributed by atoms with Crippen molar-refractivity contribution in [3.8, 4) is 11.1 Å². The van der Waals surface area contributed by atoms with Crippen LogP contribution in [0.2, 0.25) is 0 Å². The summed E-state index contributed by atoms with van der Waals surface area (Å²) in [7, 11) is 1.98. The van der Waals surface area contributed by atoms with Gasteiger partial charge in [-0.05, 0) is 32.5 Å². The Morgan fingerprint density at radius 1 is 0.645 bits per heavy atom. The maximum Gasteiger partial charge on any atom is 0.419 e. The Bertz CT molecular complexity index is 919. The molecule has 0 saturated carbocycles. The molecule has 0 fully saturated rings. The maximum absolute atomic E-state index is 13.8. The van der Waals surface area contributed by atoms with Crippen LogP contribution in [0, 0.1) is 53.5 Å². The smallest absolute Gasteiger partial charge is 0.320 e. The predicted molar refractivity (Wildman–Crippen MR) is 90.1 cm³/mol. The molecule has 0 unspecified atom stereocenters. The quantitative estimate of drug-likeness (QED) is 0.226. The van der Waals surface area contributed by atoms with Crippen LogP contribution < -0.4 is 5.32 Å². The molecule has 0 aliphatic heterocycles. The van der Waals surface area contributed by atoms with Gasteiger partial charge >= 0.3 is 6.18 Å². The fourth-order valence-electron chi connectivity index (χ4n) is 2.53. The van der Waals surface area contributed by atoms with Crippen LogP contribution in [0.15, 0.2) is 0 Å². The van der Waals surface area contributed by atoms with Crippen LogP contribution in [0.4, 0.5) is 48.3 Å². The lowest BCUT2D eigenvalue weighted by Gasteiger charge is -2.19. The van der Waals surface area contributed by atoms with E-state index < -0.39 is 75.0 Å². The highest BCUT2D eigenvalue weighted by Gasteiger charge is 2.43. The molecule has 0 aliphatic rings. The number of alkyl halides is 3. The van der Waals surface area contributed by atoms with Crippen molar-refractivity contribution in [2.75, 3.05) is 13.6 Å². The van der Waals surface area contributed by atoms with E-state index in [1.807, 2.05) is 7.05 Å². The summed E-state index contributed by atoms with van der Waals surface area (Å²) < 4.78 is 146. The third-order valence-electron chi connectivity index (χ3n) is 4.08. The molecule has 2 aromatic carbocycles. The first-order valence-corrected chi connectivity index (χ1v) is 8.64. The zero-order valence-corrected chi connectivity index (χ0v) is 16.3. The van der Waals surface area contributed by atoms with Gasteiger partial charge in [-0.1, -0.05) is 13.3 Å². The highest BCUT2D eigenvalue weighted by atomic mass is 19.4. The summed E-state index contributed by atoms with van der Waals surface area (Å²) in [6.45, 7) is 3.72. The van der Waals surface area contributed by atoms with E-state index in [1.54, 1.807) is 0 Å². The van der Waals surface area contributed by atoms with Crippen LogP contribution >= 0.6 is 0 Å². The van der Waals surface area contributed by atoms with E-state index in [9.17, 15) is 48.3 Å². The summed E-state index contributed by atoms with van der Waals surface area (Å²) in [5.74, 6) is -21.2. The molecule has 0 aliphatic carbocycles. The van der Waals surface area contributed by atoms with E-state index in [1.165, 1.54) is 12.8 Å². The Hall–Kier alpha value is -2.37. The van der Waals surface area contributed by atoms with E-state index >= 15 is 0 Å². The van der Waals surface area contributed by atoms with Crippen molar-refractivity contribution in [2.24, 2.45) is 0 Å². The molecule has 0 spiro atoms. The number of nitrogens with one attached hydrogen (secondary N) is 1. The molecule has 2 aromatic rings. The van der Waals surface area contributed by atoms with Crippen LogP contribution in [0.3, 0.4) is 0 Å². The molecule has 0 atom stereocenters. The average Bonchev–Trinajstić information content (AvgIpc) is 2.70. The number of halogens is 11. The standard InChI is InChI=1S/C14H3F11.C5H13N/c1-2-3(4-7(16)11(20)13(22)12(21)8(4)17)5(14(23,24)25)9(18)10(19)6(2)15;1-3-4-5-6-2/h1H3;6H,3-5H2,1-2H3. The monoisotopic (exact) mass is 467 g/mol. The van der Waals surface area contributed by atoms with Gasteiger partial charge in [0.05, 0.1) is 5.56 Å². The second-order valence-electron chi connectivity index (χ2n) is 6.22. The summed E-state index contributed by atoms with van der Waals surface area (Å²) in [6.07, 6.45) is -3.24. The van der Waals surface area contributed by atoms with Gasteiger partial charge in [0, 0.05) is 5.56 Å². The van der Waals surface area contributed by atoms with E-state index in [-0.39, 0.29) is 0 Å². The number of unbranched alkanes of at least 4 members (excludes halogenated alkanes) is 1. The molecule has 1 nitrogen and oxygen atoms in total. The zero-order chi connectivity index (χ0) is 24.3. The molecule has 12 heteroatoms. The Balaban J connectivity index is 0.000000703. The van der Waals surface area contributed by atoms with Gasteiger partial charge in [-0.2, -0.15) is 13.2 Å². The van der Waals surface area contributed by atoms with E-state index in [0.717, 1.165) is 6.54 Å². The molecule has 0 heterocycles. The van der Waals surface area contributed by atoms with Gasteiger partial charge in [0.1, 0.15) is 5.56 Å². The van der Waals surface area contributed by atoms with Gasteiger partial charge in [0.2, 0.25) is 5.82 Å². The van der Waals surface area contributed by atoms with Crippen LogP contribution in [0.25, 0.3) is 11.1 Å². The minimum Gasteiger partial charge on any atom is -0.320 e. The van der Waals surface area contributed by atoms with Crippen molar-refractivity contribution < 1.29 is 48.3 Å². The lowest BCUT2D eigenvalue weighted by Crippen LogP contribution is -2.17. The number of hydrogen-bond acceptors (Lipinski definition) is 1. The molecule has 1 N–H and O–H groups in total. The number of hydrogen-bond donors (Lipinski definition) is 1. The molecule has 0 aromatic heterocycles. The predicted octanol–water partition coefficient (Wildman–Crippen LogP) is 6.80. The van der Waals surface area contributed by atoms with Gasteiger partial charge in [-0.25, -0.2) is 35.1 Å². The fourth-order valence-corrected chi connectivity index (χ4v) is 2.53. The largest absolute Gasteiger partial charge is 0.419 e. The summed E-state index contributed by atoms with van der Waals surface area (Å²) >= 11 is 0. The highest BCUT2D eigenvalue weighted by molar-refractivity contribution is 5.73. The van der Waals surface area contributed by atoms with Crippen molar-refractivity contribution in [3.05, 3.63) is 57.7 Å². The Kier molecular flexibility index (Phi) is 8.85. The van der Waals surface area contributed by atoms with Crippen LogP contribution in [0.5, 0.6) is 0 Å². The van der Waals surface area contributed by atoms with Crippen LogP contribution in [-0.4, -0.2) is 13.6 Å². The van der Waals surface area contributed by atoms with Crippen molar-refractivity contribution >= 4 is 0 Å². The molecule has 31 heavy (non-hydrogen) atoms. The van der Waals surface area contributed by atoms with Gasteiger partial charge in [-0.15, -0.1) is 0 Å². The SMILES string of the molecule is CCCCNC.Cc1c(F)c(F)c(F)c(C(F)(F)F)c1-c1c(F)c(F)c(F)c(F)c1F. The molecular weight excluding hydrogens is 451 g/mol. The molecule has 0 amide bonds. The number of rotatable bonds is 4. The second-order valence-corrected chi connectivity index (χ2v) is 6.22. The second kappa shape index (κ2) is 10.3. The van der Waals surface area contributed by atoms with Gasteiger partial charge in [0.15, 0.2) is 40.7 Å². The Morgan fingerprint density at radius 2 is 1.06 bits per heavy atom. The van der Waals surface area contributed by atoms with Gasteiger partial charge in [-0.3, -0.25) is 0 Å². The fraction of sp³-hybridized carbons (Fsp3) is 0.368. The van der Waals surface area contributed by atoms with Crippen molar-refractivity contribution in [2.45, 2.75) is 32.9 Å². The third kappa shape index (κ3) is 5.28. The Labute approximate surface area is 169 Å². The molecule has 0 bridgehead atoms. The molecule has 0 saturated heterocycles. The van der Waals surface area contributed by atoms with E-state index in [0.29, 0.717) is 6.92 Å². The van der Waals surface area contributed by atoms with Crippen molar-refractivity contribution in [3.63, 3.8) is 0 Å². The first kappa shape index (κ1) is 26.7. The normalized spacial score (nSPS) is 11.4. The minimum absolute atomic E-state index is 0.362. The van der Waals surface area contributed by atoms with Crippen LogP contribution in [0.1, 0.15) is 30.9 Å². The lowest BCUT2D eigenvalue weighted by atomic mass is 9.92. The summed E-state index contributed by atoms with van der Waals surface area (Å²) in [5, 5.41) is 3.07. The zero-order valence-electron chi connectivity index (χ0n) is 16.3. The van der Waals surface area contributed by atoms with Gasteiger partial charge in [0.25, 0.3) is 0 Å². The average molecular weight is 467 g/mol. The molecule has 2 rings (SSSR count). The number of benzene rings is 2. The Morgan fingerprint density at radius 3 is 1.42 bits per heavy atom. The summed E-state index contributed by atoms with van der Waals surface area (Å²) in [5.41, 5.74) is -8.45. The molecule has 0 radical (unpaired) electrons. The van der Waals surface area contributed by atoms with Crippen molar-refractivity contribution in [1.82, 2.24) is 5.32 Å². The molecule has 174 valence electrons. The van der Waals surface area contributed by atoms with Crippen LogP contribution in [-0.2, 0) is 6.18 Å². The van der Waals surface area contributed by atoms with Crippen molar-refractivity contribution in [1.29, 1.82) is 0 Å². The van der Waals surface area contributed by atoms with E-state index in [2.05, 4.69) is 12.2 Å². The summed E-state index contributed by atoms with van der Waals surface area (Å²) in [4.78, 5) is 0. The van der Waals surface area contributed by atoms with Gasteiger partial charge < -0.3 is 5.32 Å². The minimum atomic E-state index is -5.83. The lowest BCUT2D eigenvalue weighted by molar-refractivity contribution is -0.139. The highest BCUT2D eigenvalue weighted by Crippen LogP contribution is 2.45. The first-order chi connectivity index (χ1) is 14.2. The topological polar surface area (TPSA) is 12.0 Å². The first-order valence-electron chi connectivity index (χ1n) is 8.64. The maximum atomic E-state index is 13.8. The third-order valence-corrected chi connectivity index (χ3v) is 4.08. The van der Waals surface area contributed by atoms with E-state index in [4.69, 9.17) is 0 Å². The summed E-state index contributed by atoms with van der Waals surface area (Å²) in [6, 6.07) is 0.